The summed E-state index contributed by atoms with van der Waals surface area (Å²) in [4.78, 5) is 14.0. The molecule has 0 bridgehead atoms. The predicted octanol–water partition coefficient (Wildman–Crippen LogP) is 1.39. The van der Waals surface area contributed by atoms with E-state index in [1.807, 2.05) is 19.0 Å². The molecule has 20 heavy (non-hydrogen) atoms. The molecule has 0 aromatic heterocycles. The van der Waals surface area contributed by atoms with Crippen LogP contribution in [-0.4, -0.2) is 52.3 Å². The van der Waals surface area contributed by atoms with Crippen molar-refractivity contribution in [3.05, 3.63) is 17.7 Å². The van der Waals surface area contributed by atoms with Crippen molar-refractivity contribution in [2.75, 3.05) is 47.2 Å². The number of carbonyl (C=O) groups is 1. The highest BCUT2D eigenvalue weighted by molar-refractivity contribution is 5.97. The fourth-order valence-electron chi connectivity index (χ4n) is 1.68. The fraction of sp³-hybridized carbons (Fsp3) is 0.500. The van der Waals surface area contributed by atoms with Gasteiger partial charge in [-0.2, -0.15) is 0 Å². The van der Waals surface area contributed by atoms with Gasteiger partial charge in [0, 0.05) is 12.6 Å². The lowest BCUT2D eigenvalue weighted by Gasteiger charge is -2.13. The lowest BCUT2D eigenvalue weighted by Crippen LogP contribution is -2.17. The molecule has 0 unspecified atom stereocenters. The molecule has 0 aliphatic rings. The third-order valence-electron chi connectivity index (χ3n) is 2.77. The molecular weight excluding hydrogens is 260 g/mol. The highest BCUT2D eigenvalue weighted by Crippen LogP contribution is 2.31. The molecule has 0 radical (unpaired) electrons. The van der Waals surface area contributed by atoms with E-state index in [9.17, 15) is 4.79 Å². The predicted molar refractivity (Wildman–Crippen MR) is 77.4 cm³/mol. The van der Waals surface area contributed by atoms with Crippen LogP contribution in [-0.2, 0) is 4.74 Å². The Morgan fingerprint density at radius 3 is 2.50 bits per heavy atom. The van der Waals surface area contributed by atoms with Crippen molar-refractivity contribution in [2.24, 2.45) is 0 Å². The van der Waals surface area contributed by atoms with Crippen LogP contribution >= 0.6 is 0 Å². The van der Waals surface area contributed by atoms with E-state index in [1.54, 1.807) is 12.1 Å². The van der Waals surface area contributed by atoms with Gasteiger partial charge in [0.15, 0.2) is 0 Å². The van der Waals surface area contributed by atoms with Gasteiger partial charge >= 0.3 is 5.97 Å². The molecule has 0 fully saturated rings. The first-order valence-electron chi connectivity index (χ1n) is 6.33. The van der Waals surface area contributed by atoms with Gasteiger partial charge in [0.2, 0.25) is 0 Å². The second-order valence-electron chi connectivity index (χ2n) is 4.58. The van der Waals surface area contributed by atoms with Gasteiger partial charge in [-0.3, -0.25) is 0 Å². The minimum atomic E-state index is -0.474. The number of carbonyl (C=O) groups excluding carboxylic acids is 1. The Hall–Kier alpha value is -1.95. The molecule has 0 atom stereocenters. The fourth-order valence-corrected chi connectivity index (χ4v) is 1.68. The Bertz CT molecular complexity index is 461. The molecule has 0 aliphatic heterocycles. The molecule has 1 rings (SSSR count). The number of rotatable bonds is 7. The summed E-state index contributed by atoms with van der Waals surface area (Å²) in [5.74, 6) is 0.416. The summed E-state index contributed by atoms with van der Waals surface area (Å²) in [6.45, 7) is 1.19. The van der Waals surface area contributed by atoms with Gasteiger partial charge in [-0.15, -0.1) is 0 Å². The maximum Gasteiger partial charge on any atom is 0.340 e. The Morgan fingerprint density at radius 1 is 1.25 bits per heavy atom. The number of hydrogen-bond acceptors (Lipinski definition) is 6. The molecular formula is C14H22N2O4. The Kier molecular flexibility index (Phi) is 6.11. The molecule has 1 aromatic carbocycles. The van der Waals surface area contributed by atoms with Gasteiger partial charge in [-0.1, -0.05) is 0 Å². The minimum absolute atomic E-state index is 0.255. The molecule has 6 heteroatoms. The van der Waals surface area contributed by atoms with E-state index in [1.165, 1.54) is 14.2 Å². The van der Waals surface area contributed by atoms with Crippen LogP contribution in [0.5, 0.6) is 11.5 Å². The van der Waals surface area contributed by atoms with Crippen molar-refractivity contribution in [3.8, 4) is 11.5 Å². The smallest absolute Gasteiger partial charge is 0.340 e. The van der Waals surface area contributed by atoms with Crippen LogP contribution in [0.1, 0.15) is 16.8 Å². The third kappa shape index (κ3) is 4.31. The average molecular weight is 282 g/mol. The van der Waals surface area contributed by atoms with Gasteiger partial charge in [0.25, 0.3) is 0 Å². The molecule has 0 saturated carbocycles. The van der Waals surface area contributed by atoms with Gasteiger partial charge in [0.1, 0.15) is 11.5 Å². The summed E-state index contributed by atoms with van der Waals surface area (Å²) in [7, 11) is 6.92. The molecule has 2 N–H and O–H groups in total. The van der Waals surface area contributed by atoms with Crippen molar-refractivity contribution >= 4 is 11.7 Å². The van der Waals surface area contributed by atoms with E-state index in [-0.39, 0.29) is 11.3 Å². The first-order chi connectivity index (χ1) is 9.49. The number of nitrogens with zero attached hydrogens (tertiary/aromatic N) is 1. The summed E-state index contributed by atoms with van der Waals surface area (Å²) in [5, 5.41) is 0. The standard InChI is InChI=1S/C14H22N2O4/c1-16(2)6-5-7-20-14(17)11-8-10(18-3)9-12(19-4)13(11)15/h8-9H,5-7,15H2,1-4H3. The lowest BCUT2D eigenvalue weighted by atomic mass is 10.1. The summed E-state index contributed by atoms with van der Waals surface area (Å²) < 4.78 is 15.4. The zero-order chi connectivity index (χ0) is 15.1. The molecule has 112 valence electrons. The van der Waals surface area contributed by atoms with E-state index in [2.05, 4.69) is 0 Å². The SMILES string of the molecule is COc1cc(OC)c(N)c(C(=O)OCCCN(C)C)c1. The van der Waals surface area contributed by atoms with E-state index >= 15 is 0 Å². The second kappa shape index (κ2) is 7.59. The molecule has 0 spiro atoms. The normalized spacial score (nSPS) is 10.4. The Labute approximate surface area is 119 Å². The molecule has 1 aromatic rings. The molecule has 0 amide bonds. The van der Waals surface area contributed by atoms with E-state index in [0.29, 0.717) is 18.1 Å². The summed E-state index contributed by atoms with van der Waals surface area (Å²) >= 11 is 0. The number of benzene rings is 1. The monoisotopic (exact) mass is 282 g/mol. The highest BCUT2D eigenvalue weighted by atomic mass is 16.5. The van der Waals surface area contributed by atoms with Crippen LogP contribution in [0.25, 0.3) is 0 Å². The third-order valence-corrected chi connectivity index (χ3v) is 2.77. The number of nitrogens with two attached hydrogens (primary N) is 1. The largest absolute Gasteiger partial charge is 0.497 e. The van der Waals surface area contributed by atoms with Crippen molar-refractivity contribution in [1.82, 2.24) is 4.90 Å². The second-order valence-corrected chi connectivity index (χ2v) is 4.58. The average Bonchev–Trinajstić information content (AvgIpc) is 2.43. The Balaban J connectivity index is 2.76. The molecule has 0 heterocycles. The van der Waals surface area contributed by atoms with Crippen molar-refractivity contribution in [2.45, 2.75) is 6.42 Å². The first kappa shape index (κ1) is 16.1. The van der Waals surface area contributed by atoms with Gasteiger partial charge in [0.05, 0.1) is 32.1 Å². The number of ether oxygens (including phenoxy) is 3. The van der Waals surface area contributed by atoms with Crippen LogP contribution in [0.3, 0.4) is 0 Å². The van der Waals surface area contributed by atoms with Gasteiger partial charge in [-0.25, -0.2) is 4.79 Å². The van der Waals surface area contributed by atoms with Crippen LogP contribution in [0.2, 0.25) is 0 Å². The maximum absolute atomic E-state index is 12.0. The van der Waals surface area contributed by atoms with Crippen LogP contribution in [0, 0.1) is 0 Å². The molecule has 0 aliphatic carbocycles. The number of methoxy groups -OCH3 is 2. The van der Waals surface area contributed by atoms with Crippen molar-refractivity contribution in [1.29, 1.82) is 0 Å². The minimum Gasteiger partial charge on any atom is -0.497 e. The highest BCUT2D eigenvalue weighted by Gasteiger charge is 2.17. The zero-order valence-corrected chi connectivity index (χ0v) is 12.4. The van der Waals surface area contributed by atoms with E-state index in [4.69, 9.17) is 19.9 Å². The topological polar surface area (TPSA) is 74.0 Å². The summed E-state index contributed by atoms with van der Waals surface area (Å²) in [6, 6.07) is 3.17. The molecule has 6 nitrogen and oxygen atoms in total. The van der Waals surface area contributed by atoms with Crippen molar-refractivity contribution < 1.29 is 19.0 Å². The number of anilines is 1. The Morgan fingerprint density at radius 2 is 1.95 bits per heavy atom. The number of esters is 1. The van der Waals surface area contributed by atoms with Crippen molar-refractivity contribution in [3.63, 3.8) is 0 Å². The van der Waals surface area contributed by atoms with Crippen LogP contribution in [0.4, 0.5) is 5.69 Å². The van der Waals surface area contributed by atoms with Crippen LogP contribution < -0.4 is 15.2 Å². The number of hydrogen-bond donors (Lipinski definition) is 1. The van der Waals surface area contributed by atoms with Gasteiger partial charge < -0.3 is 24.8 Å². The van der Waals surface area contributed by atoms with E-state index in [0.717, 1.165) is 13.0 Å². The van der Waals surface area contributed by atoms with Crippen LogP contribution in [0.15, 0.2) is 12.1 Å². The van der Waals surface area contributed by atoms with E-state index < -0.39 is 5.97 Å². The quantitative estimate of drug-likeness (QED) is 0.463. The summed E-state index contributed by atoms with van der Waals surface area (Å²) in [6.07, 6.45) is 0.764. The number of nitrogen functional groups attached to an aromatic ring is 1. The first-order valence-corrected chi connectivity index (χ1v) is 6.33. The molecule has 0 saturated heterocycles. The lowest BCUT2D eigenvalue weighted by molar-refractivity contribution is 0.0494. The maximum atomic E-state index is 12.0. The van der Waals surface area contributed by atoms with Gasteiger partial charge in [-0.05, 0) is 26.6 Å². The summed E-state index contributed by atoms with van der Waals surface area (Å²) in [5.41, 5.74) is 6.39. The zero-order valence-electron chi connectivity index (χ0n) is 12.4.